The third-order valence-corrected chi connectivity index (χ3v) is 4.24. The summed E-state index contributed by atoms with van der Waals surface area (Å²) < 4.78 is 7.47. The van der Waals surface area contributed by atoms with Crippen LogP contribution < -0.4 is 15.4 Å². The molecule has 2 heterocycles. The number of fused-ring (bicyclic) bond motifs is 1. The number of likely N-dealkylation sites (N-methyl/N-ethyl adjacent to an activating group) is 1. The number of guanidine groups is 1. The lowest BCUT2D eigenvalue weighted by Crippen LogP contribution is -2.42. The maximum absolute atomic E-state index is 5.74. The van der Waals surface area contributed by atoms with Gasteiger partial charge >= 0.3 is 0 Å². The van der Waals surface area contributed by atoms with Crippen molar-refractivity contribution in [3.8, 4) is 5.75 Å². The van der Waals surface area contributed by atoms with Gasteiger partial charge < -0.3 is 20.3 Å². The maximum atomic E-state index is 5.74. The lowest BCUT2D eigenvalue weighted by molar-refractivity contribution is 0.281. The second-order valence-electron chi connectivity index (χ2n) is 6.21. The van der Waals surface area contributed by atoms with E-state index in [1.807, 2.05) is 49.3 Å². The number of aliphatic imine (C=N–C) groups is 1. The first-order valence-corrected chi connectivity index (χ1v) is 9.15. The predicted molar refractivity (Wildman–Crippen MR) is 126 cm³/mol. The lowest BCUT2D eigenvalue weighted by atomic mass is 10.3. The molecule has 0 fully saturated rings. The fraction of sp³-hybridized carbons (Fsp3) is 0.368. The van der Waals surface area contributed by atoms with Gasteiger partial charge in [0.2, 0.25) is 0 Å². The number of anilines is 1. The zero-order chi connectivity index (χ0) is 19.8. The molecule has 2 aromatic heterocycles. The number of para-hydroxylation sites is 1. The number of rotatable bonds is 8. The molecule has 0 amide bonds. The summed E-state index contributed by atoms with van der Waals surface area (Å²) in [6.07, 6.45) is 3.31. The van der Waals surface area contributed by atoms with Gasteiger partial charge in [0.25, 0.3) is 0 Å². The minimum absolute atomic E-state index is 0. The van der Waals surface area contributed by atoms with Gasteiger partial charge in [0.15, 0.2) is 11.6 Å². The first-order chi connectivity index (χ1) is 13.7. The predicted octanol–water partition coefficient (Wildman–Crippen LogP) is 1.98. The fourth-order valence-electron chi connectivity index (χ4n) is 2.77. The number of ether oxygens (including phenoxy) is 1. The van der Waals surface area contributed by atoms with Gasteiger partial charge in [-0.15, -0.1) is 24.0 Å². The number of nitrogens with one attached hydrogen (secondary N) is 2. The summed E-state index contributed by atoms with van der Waals surface area (Å²) in [5.74, 6) is 2.46. The molecule has 9 nitrogen and oxygen atoms in total. The summed E-state index contributed by atoms with van der Waals surface area (Å²) in [4.78, 5) is 14.9. The molecule has 0 aliphatic carbocycles. The van der Waals surface area contributed by atoms with Crippen LogP contribution >= 0.6 is 24.0 Å². The van der Waals surface area contributed by atoms with Gasteiger partial charge in [-0.2, -0.15) is 5.10 Å². The van der Waals surface area contributed by atoms with Crippen LogP contribution in [0.3, 0.4) is 0 Å². The molecule has 3 aromatic rings. The average Bonchev–Trinajstić information content (AvgIpc) is 3.10. The quantitative estimate of drug-likeness (QED) is 0.207. The normalized spacial score (nSPS) is 11.1. The first-order valence-electron chi connectivity index (χ1n) is 9.15. The number of nitrogens with zero attached hydrogens (tertiary/aromatic N) is 6. The molecule has 156 valence electrons. The van der Waals surface area contributed by atoms with Crippen LogP contribution in [0.15, 0.2) is 47.8 Å². The van der Waals surface area contributed by atoms with Crippen LogP contribution in [-0.2, 0) is 7.05 Å². The van der Waals surface area contributed by atoms with Gasteiger partial charge in [-0.1, -0.05) is 18.2 Å². The zero-order valence-corrected chi connectivity index (χ0v) is 19.2. The minimum atomic E-state index is 0. The Morgan fingerprint density at radius 1 is 1.21 bits per heavy atom. The molecule has 29 heavy (non-hydrogen) atoms. The molecule has 10 heteroatoms. The molecule has 1 aromatic carbocycles. The molecular weight excluding hydrogens is 483 g/mol. The zero-order valence-electron chi connectivity index (χ0n) is 16.9. The SMILES string of the molecule is CN=C(NCCNc1ncnc2c1cnn2C)N(C)CCOc1ccccc1.I. The molecule has 3 rings (SSSR count). The second-order valence-corrected chi connectivity index (χ2v) is 6.21. The van der Waals surface area contributed by atoms with E-state index in [4.69, 9.17) is 4.74 Å². The molecule has 0 saturated carbocycles. The summed E-state index contributed by atoms with van der Waals surface area (Å²) >= 11 is 0. The van der Waals surface area contributed by atoms with Crippen molar-refractivity contribution in [2.45, 2.75) is 0 Å². The van der Waals surface area contributed by atoms with Crippen molar-refractivity contribution in [1.29, 1.82) is 0 Å². The number of aromatic nitrogens is 4. The van der Waals surface area contributed by atoms with Crippen LogP contribution in [0.25, 0.3) is 11.0 Å². The van der Waals surface area contributed by atoms with E-state index in [1.54, 1.807) is 24.3 Å². The van der Waals surface area contributed by atoms with Gasteiger partial charge in [-0.3, -0.25) is 9.67 Å². The number of hydrogen-bond acceptors (Lipinski definition) is 6. The molecule has 0 radical (unpaired) electrons. The third kappa shape index (κ3) is 6.17. The molecular formula is C19H27IN8O. The Labute approximate surface area is 187 Å². The Bertz CT molecular complexity index is 915. The second kappa shape index (κ2) is 11.4. The maximum Gasteiger partial charge on any atom is 0.193 e. The summed E-state index contributed by atoms with van der Waals surface area (Å²) in [6.45, 7) is 2.69. The summed E-state index contributed by atoms with van der Waals surface area (Å²) in [5, 5.41) is 11.8. The molecule has 0 bridgehead atoms. The van der Waals surface area contributed by atoms with Crippen molar-refractivity contribution < 1.29 is 4.74 Å². The van der Waals surface area contributed by atoms with E-state index < -0.39 is 0 Å². The van der Waals surface area contributed by atoms with Crippen LogP contribution in [0, 0.1) is 0 Å². The van der Waals surface area contributed by atoms with E-state index in [9.17, 15) is 0 Å². The van der Waals surface area contributed by atoms with E-state index in [2.05, 4.69) is 30.7 Å². The number of hydrogen-bond donors (Lipinski definition) is 2. The number of halogens is 1. The Hall–Kier alpha value is -2.63. The highest BCUT2D eigenvalue weighted by molar-refractivity contribution is 14.0. The third-order valence-electron chi connectivity index (χ3n) is 4.24. The lowest BCUT2D eigenvalue weighted by Gasteiger charge is -2.22. The fourth-order valence-corrected chi connectivity index (χ4v) is 2.77. The van der Waals surface area contributed by atoms with Crippen LogP contribution in [0.4, 0.5) is 5.82 Å². The molecule has 0 aliphatic heterocycles. The van der Waals surface area contributed by atoms with E-state index in [0.29, 0.717) is 19.7 Å². The van der Waals surface area contributed by atoms with Crippen molar-refractivity contribution >= 4 is 46.8 Å². The number of aryl methyl sites for hydroxylation is 1. The molecule has 0 spiro atoms. The van der Waals surface area contributed by atoms with Gasteiger partial charge in [0, 0.05) is 34.2 Å². The summed E-state index contributed by atoms with van der Waals surface area (Å²) in [5.41, 5.74) is 0.805. The highest BCUT2D eigenvalue weighted by Gasteiger charge is 2.08. The molecule has 0 atom stereocenters. The smallest absolute Gasteiger partial charge is 0.193 e. The molecule has 2 N–H and O–H groups in total. The number of benzene rings is 1. The van der Waals surface area contributed by atoms with Gasteiger partial charge in [0.1, 0.15) is 24.5 Å². The van der Waals surface area contributed by atoms with Crippen molar-refractivity contribution in [3.63, 3.8) is 0 Å². The average molecular weight is 510 g/mol. The largest absolute Gasteiger partial charge is 0.492 e. The van der Waals surface area contributed by atoms with Gasteiger partial charge in [0.05, 0.1) is 18.1 Å². The van der Waals surface area contributed by atoms with Crippen molar-refractivity contribution in [1.82, 2.24) is 30.0 Å². The van der Waals surface area contributed by atoms with Crippen LogP contribution in [0.5, 0.6) is 5.75 Å². The van der Waals surface area contributed by atoms with Gasteiger partial charge in [-0.05, 0) is 12.1 Å². The summed E-state index contributed by atoms with van der Waals surface area (Å²) in [6, 6.07) is 9.79. The first kappa shape index (κ1) is 22.7. The topological polar surface area (TPSA) is 92.5 Å². The minimum Gasteiger partial charge on any atom is -0.492 e. The van der Waals surface area contributed by atoms with E-state index in [-0.39, 0.29) is 24.0 Å². The highest BCUT2D eigenvalue weighted by atomic mass is 127. The van der Waals surface area contributed by atoms with Crippen molar-refractivity contribution in [3.05, 3.63) is 42.9 Å². The molecule has 0 saturated heterocycles. The van der Waals surface area contributed by atoms with E-state index in [0.717, 1.165) is 35.1 Å². The Morgan fingerprint density at radius 3 is 2.76 bits per heavy atom. The van der Waals surface area contributed by atoms with Crippen LogP contribution in [-0.4, -0.2) is 70.9 Å². The standard InChI is InChI=1S/C19H26N8O.HI/c1-20-19(26(2)11-12-28-15-7-5-4-6-8-15)22-10-9-21-17-16-13-25-27(3)18(16)24-14-23-17;/h4-8,13-14H,9-12H2,1-3H3,(H,20,22)(H,21,23,24);1H. The van der Waals surface area contributed by atoms with Crippen LogP contribution in [0.2, 0.25) is 0 Å². The Morgan fingerprint density at radius 2 is 2.00 bits per heavy atom. The molecule has 0 unspecified atom stereocenters. The molecule has 0 aliphatic rings. The van der Waals surface area contributed by atoms with Crippen LogP contribution in [0.1, 0.15) is 0 Å². The van der Waals surface area contributed by atoms with E-state index >= 15 is 0 Å². The highest BCUT2D eigenvalue weighted by Crippen LogP contribution is 2.17. The monoisotopic (exact) mass is 510 g/mol. The Kier molecular flexibility index (Phi) is 8.90. The van der Waals surface area contributed by atoms with E-state index in [1.165, 1.54) is 0 Å². The Balaban J connectivity index is 0.00000300. The summed E-state index contributed by atoms with van der Waals surface area (Å²) in [7, 11) is 5.62. The van der Waals surface area contributed by atoms with Crippen molar-refractivity contribution in [2.75, 3.05) is 45.7 Å². The van der Waals surface area contributed by atoms with Gasteiger partial charge in [-0.25, -0.2) is 9.97 Å². The van der Waals surface area contributed by atoms with Crippen molar-refractivity contribution in [2.24, 2.45) is 12.0 Å².